The molecule has 1 aliphatic heterocycles. The molecule has 1 N–H and O–H groups in total. The van der Waals surface area contributed by atoms with Gasteiger partial charge in [0.05, 0.1) is 6.61 Å². The van der Waals surface area contributed by atoms with E-state index in [0.717, 1.165) is 21.9 Å². The predicted molar refractivity (Wildman–Crippen MR) is 97.6 cm³/mol. The average molecular weight is 349 g/mol. The Hall–Kier alpha value is -2.83. The number of carboxylic acid groups (broad SMARTS) is 1. The summed E-state index contributed by atoms with van der Waals surface area (Å²) in [5.41, 5.74) is 1.96. The van der Waals surface area contributed by atoms with Crippen molar-refractivity contribution in [1.29, 1.82) is 0 Å². The summed E-state index contributed by atoms with van der Waals surface area (Å²) < 4.78 is 5.25. The molecule has 0 saturated carbocycles. The highest BCUT2D eigenvalue weighted by molar-refractivity contribution is 5.94. The van der Waals surface area contributed by atoms with Gasteiger partial charge in [0.25, 0.3) is 0 Å². The fourth-order valence-corrected chi connectivity index (χ4v) is 3.25. The van der Waals surface area contributed by atoms with E-state index in [-0.39, 0.29) is 0 Å². The van der Waals surface area contributed by atoms with Gasteiger partial charge in [-0.05, 0) is 10.8 Å². The highest BCUT2D eigenvalue weighted by atomic mass is 16.5. The van der Waals surface area contributed by atoms with Crippen LogP contribution in [0.25, 0.3) is 22.2 Å². The van der Waals surface area contributed by atoms with Crippen LogP contribution in [-0.4, -0.2) is 51.7 Å². The van der Waals surface area contributed by atoms with Gasteiger partial charge in [-0.1, -0.05) is 42.5 Å². The minimum atomic E-state index is -0.919. The smallest absolute Gasteiger partial charge is 0.334 e. The van der Waals surface area contributed by atoms with Gasteiger partial charge in [-0.25, -0.2) is 14.8 Å². The summed E-state index contributed by atoms with van der Waals surface area (Å²) >= 11 is 0. The Labute approximate surface area is 151 Å². The van der Waals surface area contributed by atoms with E-state index in [4.69, 9.17) is 9.84 Å². The molecule has 132 valence electrons. The molecule has 0 spiro atoms. The molecular weight excluding hydrogens is 330 g/mol. The van der Waals surface area contributed by atoms with Crippen molar-refractivity contribution in [2.45, 2.75) is 12.6 Å². The van der Waals surface area contributed by atoms with E-state index in [1.807, 2.05) is 36.7 Å². The molecule has 1 fully saturated rings. The van der Waals surface area contributed by atoms with Crippen LogP contribution in [0.15, 0.2) is 54.9 Å². The molecule has 0 aliphatic carbocycles. The van der Waals surface area contributed by atoms with Crippen molar-refractivity contribution in [2.75, 3.05) is 19.7 Å². The molecule has 0 amide bonds. The number of benzene rings is 2. The number of nitrogens with zero attached hydrogens (tertiary/aromatic N) is 3. The molecule has 2 heterocycles. The largest absolute Gasteiger partial charge is 0.479 e. The summed E-state index contributed by atoms with van der Waals surface area (Å²) in [6, 6.07) is 14.3. The predicted octanol–water partition coefficient (Wildman–Crippen LogP) is 2.58. The Morgan fingerprint density at radius 2 is 1.92 bits per heavy atom. The number of carboxylic acids is 1. The van der Waals surface area contributed by atoms with Crippen molar-refractivity contribution in [2.24, 2.45) is 0 Å². The number of hydrogen-bond acceptors (Lipinski definition) is 5. The van der Waals surface area contributed by atoms with Crippen LogP contribution >= 0.6 is 0 Å². The number of morpholine rings is 1. The van der Waals surface area contributed by atoms with Gasteiger partial charge >= 0.3 is 5.97 Å². The summed E-state index contributed by atoms with van der Waals surface area (Å²) in [5.74, 6) is -0.229. The topological polar surface area (TPSA) is 75.5 Å². The van der Waals surface area contributed by atoms with Gasteiger partial charge in [0, 0.05) is 43.2 Å². The molecule has 4 rings (SSSR count). The molecule has 1 saturated heterocycles. The van der Waals surface area contributed by atoms with Crippen LogP contribution in [-0.2, 0) is 16.1 Å². The lowest BCUT2D eigenvalue weighted by Gasteiger charge is -2.30. The second-order valence-electron chi connectivity index (χ2n) is 6.37. The van der Waals surface area contributed by atoms with E-state index >= 15 is 0 Å². The van der Waals surface area contributed by atoms with Gasteiger partial charge in [-0.3, -0.25) is 4.90 Å². The number of rotatable bonds is 4. The molecule has 6 nitrogen and oxygen atoms in total. The standard InChI is InChI=1S/C20H19N3O3/c24-20(25)18-13-23(8-9-26-18)12-14-10-21-19(22-11-14)17-7-3-5-15-4-1-2-6-16(15)17/h1-7,10-11,18H,8-9,12-13H2,(H,24,25). The van der Waals surface area contributed by atoms with Crippen molar-refractivity contribution >= 4 is 16.7 Å². The van der Waals surface area contributed by atoms with Crippen molar-refractivity contribution in [3.63, 3.8) is 0 Å². The fourth-order valence-electron chi connectivity index (χ4n) is 3.25. The summed E-state index contributed by atoms with van der Waals surface area (Å²) in [7, 11) is 0. The third-order valence-corrected chi connectivity index (χ3v) is 4.57. The maximum atomic E-state index is 11.1. The van der Waals surface area contributed by atoms with E-state index in [0.29, 0.717) is 32.1 Å². The summed E-state index contributed by atoms with van der Waals surface area (Å²) in [6.07, 6.45) is 2.87. The highest BCUT2D eigenvalue weighted by Crippen LogP contribution is 2.25. The van der Waals surface area contributed by atoms with Crippen LogP contribution in [0.3, 0.4) is 0 Å². The summed E-state index contributed by atoms with van der Waals surface area (Å²) in [6.45, 7) is 2.12. The molecule has 1 aromatic heterocycles. The zero-order chi connectivity index (χ0) is 17.9. The molecule has 1 unspecified atom stereocenters. The molecule has 3 aromatic rings. The van der Waals surface area contributed by atoms with E-state index in [1.54, 1.807) is 0 Å². The molecule has 1 aliphatic rings. The Kier molecular flexibility index (Phi) is 4.60. The van der Waals surface area contributed by atoms with E-state index < -0.39 is 12.1 Å². The lowest BCUT2D eigenvalue weighted by molar-refractivity contribution is -0.156. The van der Waals surface area contributed by atoms with Crippen molar-refractivity contribution < 1.29 is 14.6 Å². The molecule has 6 heteroatoms. The van der Waals surface area contributed by atoms with Gasteiger partial charge < -0.3 is 9.84 Å². The number of hydrogen-bond donors (Lipinski definition) is 1. The SMILES string of the molecule is O=C(O)C1CN(Cc2cnc(-c3cccc4ccccc34)nc2)CCO1. The molecule has 2 aromatic carbocycles. The lowest BCUT2D eigenvalue weighted by atomic mass is 10.0. The maximum absolute atomic E-state index is 11.1. The van der Waals surface area contributed by atoms with Crippen LogP contribution in [0.5, 0.6) is 0 Å². The van der Waals surface area contributed by atoms with Crippen LogP contribution in [0.2, 0.25) is 0 Å². The van der Waals surface area contributed by atoms with E-state index in [9.17, 15) is 4.79 Å². The lowest BCUT2D eigenvalue weighted by Crippen LogP contribution is -2.45. The summed E-state index contributed by atoms with van der Waals surface area (Å²) in [5, 5.41) is 11.4. The Morgan fingerprint density at radius 1 is 1.15 bits per heavy atom. The van der Waals surface area contributed by atoms with Crippen molar-refractivity contribution in [1.82, 2.24) is 14.9 Å². The van der Waals surface area contributed by atoms with E-state index in [2.05, 4.69) is 33.1 Å². The average Bonchev–Trinajstić information content (AvgIpc) is 2.68. The first kappa shape index (κ1) is 16.6. The first-order chi connectivity index (χ1) is 12.7. The maximum Gasteiger partial charge on any atom is 0.334 e. The molecule has 0 bridgehead atoms. The van der Waals surface area contributed by atoms with Gasteiger partial charge in [0.1, 0.15) is 0 Å². The zero-order valence-corrected chi connectivity index (χ0v) is 14.2. The number of aliphatic carboxylic acids is 1. The van der Waals surface area contributed by atoms with Crippen LogP contribution in [0.1, 0.15) is 5.56 Å². The minimum Gasteiger partial charge on any atom is -0.479 e. The first-order valence-corrected chi connectivity index (χ1v) is 8.56. The monoisotopic (exact) mass is 349 g/mol. The van der Waals surface area contributed by atoms with Crippen LogP contribution in [0, 0.1) is 0 Å². The number of ether oxygens (including phenoxy) is 1. The number of aromatic nitrogens is 2. The number of fused-ring (bicyclic) bond motifs is 1. The van der Waals surface area contributed by atoms with Gasteiger partial charge in [0.2, 0.25) is 0 Å². The molecule has 1 atom stereocenters. The Bertz CT molecular complexity index is 922. The zero-order valence-electron chi connectivity index (χ0n) is 14.2. The molecule has 0 radical (unpaired) electrons. The highest BCUT2D eigenvalue weighted by Gasteiger charge is 2.26. The minimum absolute atomic E-state index is 0.375. The Morgan fingerprint density at radius 3 is 2.73 bits per heavy atom. The normalized spacial score (nSPS) is 18.1. The molecule has 26 heavy (non-hydrogen) atoms. The number of carbonyl (C=O) groups is 1. The van der Waals surface area contributed by atoms with Crippen LogP contribution in [0.4, 0.5) is 0 Å². The second kappa shape index (κ2) is 7.19. The van der Waals surface area contributed by atoms with Crippen LogP contribution < -0.4 is 0 Å². The first-order valence-electron chi connectivity index (χ1n) is 8.56. The third kappa shape index (κ3) is 3.42. The molecular formula is C20H19N3O3. The van der Waals surface area contributed by atoms with Crippen molar-refractivity contribution in [3.05, 3.63) is 60.4 Å². The third-order valence-electron chi connectivity index (χ3n) is 4.57. The van der Waals surface area contributed by atoms with Gasteiger partial charge in [-0.15, -0.1) is 0 Å². The Balaban J connectivity index is 1.53. The fraction of sp³-hybridized carbons (Fsp3) is 0.250. The summed E-state index contributed by atoms with van der Waals surface area (Å²) in [4.78, 5) is 22.2. The quantitative estimate of drug-likeness (QED) is 0.780. The van der Waals surface area contributed by atoms with Gasteiger partial charge in [0.15, 0.2) is 11.9 Å². The van der Waals surface area contributed by atoms with Crippen molar-refractivity contribution in [3.8, 4) is 11.4 Å². The second-order valence-corrected chi connectivity index (χ2v) is 6.37. The van der Waals surface area contributed by atoms with Gasteiger partial charge in [-0.2, -0.15) is 0 Å². The van der Waals surface area contributed by atoms with E-state index in [1.165, 1.54) is 0 Å².